The summed E-state index contributed by atoms with van der Waals surface area (Å²) in [5.74, 6) is 1.56. The second-order valence-electron chi connectivity index (χ2n) is 4.47. The second kappa shape index (κ2) is 5.62. The number of amides is 1. The minimum atomic E-state index is 0.0539. The van der Waals surface area contributed by atoms with Crippen molar-refractivity contribution in [2.45, 2.75) is 26.3 Å². The molecule has 0 spiro atoms. The van der Waals surface area contributed by atoms with Gasteiger partial charge in [-0.1, -0.05) is 0 Å². The lowest BCUT2D eigenvalue weighted by atomic mass is 10.2. The molecule has 1 aromatic carbocycles. The van der Waals surface area contributed by atoms with Crippen molar-refractivity contribution in [3.63, 3.8) is 0 Å². The van der Waals surface area contributed by atoms with Crippen LogP contribution < -0.4 is 20.1 Å². The number of ether oxygens (including phenoxy) is 2. The van der Waals surface area contributed by atoms with E-state index in [1.54, 1.807) is 0 Å². The van der Waals surface area contributed by atoms with E-state index in [0.717, 1.165) is 17.2 Å². The van der Waals surface area contributed by atoms with Crippen molar-refractivity contribution in [2.24, 2.45) is 0 Å². The Labute approximate surface area is 106 Å². The van der Waals surface area contributed by atoms with Crippen LogP contribution >= 0.6 is 0 Å². The zero-order valence-electron chi connectivity index (χ0n) is 10.7. The SMILES string of the molecule is CC(C)NC(=O)CCNc1ccc2c(c1)OCO2. The molecule has 1 amide bonds. The van der Waals surface area contributed by atoms with Crippen LogP contribution in [0.25, 0.3) is 0 Å². The molecule has 2 N–H and O–H groups in total. The predicted molar refractivity (Wildman–Crippen MR) is 69.0 cm³/mol. The van der Waals surface area contributed by atoms with Crippen molar-refractivity contribution in [1.29, 1.82) is 0 Å². The molecule has 0 radical (unpaired) electrons. The first-order chi connectivity index (χ1) is 8.65. The molecule has 98 valence electrons. The second-order valence-corrected chi connectivity index (χ2v) is 4.47. The van der Waals surface area contributed by atoms with Gasteiger partial charge in [0.2, 0.25) is 12.7 Å². The Morgan fingerprint density at radius 3 is 2.89 bits per heavy atom. The van der Waals surface area contributed by atoms with E-state index in [1.807, 2.05) is 32.0 Å². The Hall–Kier alpha value is -1.91. The highest BCUT2D eigenvalue weighted by molar-refractivity contribution is 5.76. The molecule has 5 nitrogen and oxygen atoms in total. The van der Waals surface area contributed by atoms with Crippen LogP contribution in [-0.4, -0.2) is 25.3 Å². The zero-order chi connectivity index (χ0) is 13.0. The molecule has 5 heteroatoms. The van der Waals surface area contributed by atoms with Gasteiger partial charge in [0, 0.05) is 30.8 Å². The van der Waals surface area contributed by atoms with Gasteiger partial charge in [-0.15, -0.1) is 0 Å². The van der Waals surface area contributed by atoms with E-state index in [1.165, 1.54) is 0 Å². The maximum absolute atomic E-state index is 11.4. The maximum Gasteiger partial charge on any atom is 0.231 e. The van der Waals surface area contributed by atoms with Crippen LogP contribution in [0.2, 0.25) is 0 Å². The Balaban J connectivity index is 1.78. The van der Waals surface area contributed by atoms with Crippen LogP contribution in [0.3, 0.4) is 0 Å². The molecule has 0 aromatic heterocycles. The Kier molecular flexibility index (Phi) is 3.92. The van der Waals surface area contributed by atoms with Gasteiger partial charge in [0.25, 0.3) is 0 Å². The summed E-state index contributed by atoms with van der Waals surface area (Å²) in [6.45, 7) is 4.76. The molecule has 18 heavy (non-hydrogen) atoms. The average Bonchev–Trinajstić information content (AvgIpc) is 2.75. The van der Waals surface area contributed by atoms with E-state index < -0.39 is 0 Å². The van der Waals surface area contributed by atoms with E-state index >= 15 is 0 Å². The van der Waals surface area contributed by atoms with Gasteiger partial charge in [0.05, 0.1) is 0 Å². The highest BCUT2D eigenvalue weighted by Crippen LogP contribution is 2.34. The number of rotatable bonds is 5. The number of carbonyl (C=O) groups excluding carboxylic acids is 1. The predicted octanol–water partition coefficient (Wildman–Crippen LogP) is 1.74. The van der Waals surface area contributed by atoms with E-state index in [0.29, 0.717) is 13.0 Å². The lowest BCUT2D eigenvalue weighted by Crippen LogP contribution is -2.31. The Morgan fingerprint density at radius 2 is 2.11 bits per heavy atom. The maximum atomic E-state index is 11.4. The van der Waals surface area contributed by atoms with Gasteiger partial charge in [-0.3, -0.25) is 4.79 Å². The molecule has 1 heterocycles. The fourth-order valence-electron chi connectivity index (χ4n) is 1.72. The summed E-state index contributed by atoms with van der Waals surface area (Å²) < 4.78 is 10.5. The summed E-state index contributed by atoms with van der Waals surface area (Å²) in [5.41, 5.74) is 0.927. The minimum absolute atomic E-state index is 0.0539. The van der Waals surface area contributed by atoms with Crippen molar-refractivity contribution < 1.29 is 14.3 Å². The smallest absolute Gasteiger partial charge is 0.231 e. The van der Waals surface area contributed by atoms with Gasteiger partial charge >= 0.3 is 0 Å². The zero-order valence-corrected chi connectivity index (χ0v) is 10.7. The Morgan fingerprint density at radius 1 is 1.33 bits per heavy atom. The average molecular weight is 250 g/mol. The highest BCUT2D eigenvalue weighted by atomic mass is 16.7. The first kappa shape index (κ1) is 12.5. The summed E-state index contributed by atoms with van der Waals surface area (Å²) in [6, 6.07) is 5.83. The van der Waals surface area contributed by atoms with Crippen LogP contribution in [0.5, 0.6) is 11.5 Å². The summed E-state index contributed by atoms with van der Waals surface area (Å²) in [7, 11) is 0. The number of benzene rings is 1. The van der Waals surface area contributed by atoms with Crippen LogP contribution in [0.15, 0.2) is 18.2 Å². The molecule has 0 saturated carbocycles. The topological polar surface area (TPSA) is 59.6 Å². The fraction of sp³-hybridized carbons (Fsp3) is 0.462. The third-order valence-electron chi connectivity index (χ3n) is 2.50. The monoisotopic (exact) mass is 250 g/mol. The third-order valence-corrected chi connectivity index (χ3v) is 2.50. The van der Waals surface area contributed by atoms with Gasteiger partial charge in [-0.05, 0) is 26.0 Å². The standard InChI is InChI=1S/C13H18N2O3/c1-9(2)15-13(16)5-6-14-10-3-4-11-12(7-10)18-8-17-11/h3-4,7,9,14H,5-6,8H2,1-2H3,(H,15,16). The molecule has 0 bridgehead atoms. The van der Waals surface area contributed by atoms with Crippen LogP contribution in [0.1, 0.15) is 20.3 Å². The molecule has 2 rings (SSSR count). The van der Waals surface area contributed by atoms with E-state index in [4.69, 9.17) is 9.47 Å². The number of anilines is 1. The molecule has 0 unspecified atom stereocenters. The molecule has 0 aliphatic carbocycles. The molecule has 1 aromatic rings. The molecular weight excluding hydrogens is 232 g/mol. The molecule has 1 aliphatic rings. The highest BCUT2D eigenvalue weighted by Gasteiger charge is 2.13. The van der Waals surface area contributed by atoms with Gasteiger partial charge in [0.1, 0.15) is 0 Å². The van der Waals surface area contributed by atoms with Crippen LogP contribution in [0, 0.1) is 0 Å². The lowest BCUT2D eigenvalue weighted by molar-refractivity contribution is -0.121. The molecule has 0 saturated heterocycles. The van der Waals surface area contributed by atoms with E-state index in [-0.39, 0.29) is 18.7 Å². The largest absolute Gasteiger partial charge is 0.454 e. The summed E-state index contributed by atoms with van der Waals surface area (Å²) in [4.78, 5) is 11.4. The van der Waals surface area contributed by atoms with Crippen molar-refractivity contribution in [2.75, 3.05) is 18.7 Å². The molecule has 0 atom stereocenters. The van der Waals surface area contributed by atoms with Crippen molar-refractivity contribution in [3.8, 4) is 11.5 Å². The number of carbonyl (C=O) groups is 1. The van der Waals surface area contributed by atoms with E-state index in [2.05, 4.69) is 10.6 Å². The number of hydrogen-bond donors (Lipinski definition) is 2. The van der Waals surface area contributed by atoms with Gasteiger partial charge in [-0.25, -0.2) is 0 Å². The number of fused-ring (bicyclic) bond motifs is 1. The quantitative estimate of drug-likeness (QED) is 0.835. The Bertz CT molecular complexity index is 432. The van der Waals surface area contributed by atoms with Gasteiger partial charge < -0.3 is 20.1 Å². The normalized spacial score (nSPS) is 12.6. The van der Waals surface area contributed by atoms with Crippen molar-refractivity contribution >= 4 is 11.6 Å². The summed E-state index contributed by atoms with van der Waals surface area (Å²) >= 11 is 0. The molecule has 1 aliphatic heterocycles. The molecule has 0 fully saturated rings. The lowest BCUT2D eigenvalue weighted by Gasteiger charge is -2.09. The van der Waals surface area contributed by atoms with Gasteiger partial charge in [0.15, 0.2) is 11.5 Å². The van der Waals surface area contributed by atoms with Gasteiger partial charge in [-0.2, -0.15) is 0 Å². The fourth-order valence-corrected chi connectivity index (χ4v) is 1.72. The van der Waals surface area contributed by atoms with E-state index in [9.17, 15) is 4.79 Å². The summed E-state index contributed by atoms with van der Waals surface area (Å²) in [5, 5.41) is 6.03. The van der Waals surface area contributed by atoms with Crippen LogP contribution in [0.4, 0.5) is 5.69 Å². The molecular formula is C13H18N2O3. The minimum Gasteiger partial charge on any atom is -0.454 e. The number of hydrogen-bond acceptors (Lipinski definition) is 4. The van der Waals surface area contributed by atoms with Crippen molar-refractivity contribution in [3.05, 3.63) is 18.2 Å². The first-order valence-corrected chi connectivity index (χ1v) is 6.08. The van der Waals surface area contributed by atoms with Crippen LogP contribution in [-0.2, 0) is 4.79 Å². The number of nitrogens with one attached hydrogen (secondary N) is 2. The third kappa shape index (κ3) is 3.29. The van der Waals surface area contributed by atoms with Crippen molar-refractivity contribution in [1.82, 2.24) is 5.32 Å². The first-order valence-electron chi connectivity index (χ1n) is 6.08. The summed E-state index contributed by atoms with van der Waals surface area (Å²) in [6.07, 6.45) is 0.451.